The fraction of sp³-hybridized carbons (Fsp3) is 0.312. The number of hydrogen-bond donors (Lipinski definition) is 1. The Morgan fingerprint density at radius 3 is 2.80 bits per heavy atom. The number of aromatic nitrogens is 1. The van der Waals surface area contributed by atoms with Crippen LogP contribution in [0, 0.1) is 5.82 Å². The molecule has 106 valence electrons. The third kappa shape index (κ3) is 4.53. The number of amides is 1. The van der Waals surface area contributed by atoms with Gasteiger partial charge in [-0.1, -0.05) is 12.1 Å². The molecule has 1 aromatic heterocycles. The van der Waals surface area contributed by atoms with Gasteiger partial charge in [0, 0.05) is 32.4 Å². The summed E-state index contributed by atoms with van der Waals surface area (Å²) in [5.74, 6) is -0.253. The summed E-state index contributed by atoms with van der Waals surface area (Å²) in [6.07, 6.45) is 5.81. The average molecular weight is 274 g/mol. The van der Waals surface area contributed by atoms with Crippen LogP contribution in [0.5, 0.6) is 0 Å². The first kappa shape index (κ1) is 14.3. The quantitative estimate of drug-likeness (QED) is 0.862. The van der Waals surface area contributed by atoms with Gasteiger partial charge in [-0.25, -0.2) is 4.39 Å². The predicted molar refractivity (Wildman–Crippen MR) is 76.8 cm³/mol. The number of aryl methyl sites for hydroxylation is 2. The number of rotatable bonds is 6. The van der Waals surface area contributed by atoms with Crippen LogP contribution in [0.25, 0.3) is 0 Å². The Balaban J connectivity index is 1.68. The molecule has 0 saturated carbocycles. The Hall–Kier alpha value is -2.10. The molecule has 0 aliphatic heterocycles. The number of benzene rings is 1. The molecule has 4 heteroatoms. The van der Waals surface area contributed by atoms with Crippen LogP contribution in [0.2, 0.25) is 0 Å². The average Bonchev–Trinajstić information content (AvgIpc) is 2.82. The Bertz CT molecular complexity index is 577. The van der Waals surface area contributed by atoms with Crippen molar-refractivity contribution in [2.45, 2.75) is 19.3 Å². The molecule has 3 nitrogen and oxygen atoms in total. The van der Waals surface area contributed by atoms with E-state index in [1.165, 1.54) is 17.7 Å². The molecule has 1 N–H and O–H groups in total. The second-order valence-electron chi connectivity index (χ2n) is 4.92. The van der Waals surface area contributed by atoms with Gasteiger partial charge in [0.05, 0.1) is 0 Å². The van der Waals surface area contributed by atoms with Crippen molar-refractivity contribution in [2.75, 3.05) is 6.54 Å². The Morgan fingerprint density at radius 2 is 2.10 bits per heavy atom. The summed E-state index contributed by atoms with van der Waals surface area (Å²) in [7, 11) is 1.97. The van der Waals surface area contributed by atoms with Crippen LogP contribution >= 0.6 is 0 Å². The first-order valence-electron chi connectivity index (χ1n) is 6.75. The molecule has 0 bridgehead atoms. The highest BCUT2D eigenvalue weighted by Gasteiger charge is 2.03. The summed E-state index contributed by atoms with van der Waals surface area (Å²) < 4.78 is 15.0. The molecule has 1 aromatic carbocycles. The first-order valence-corrected chi connectivity index (χ1v) is 6.75. The molecule has 1 heterocycles. The highest BCUT2D eigenvalue weighted by molar-refractivity contribution is 5.76. The predicted octanol–water partition coefficient (Wildman–Crippen LogP) is 2.46. The van der Waals surface area contributed by atoms with Crippen molar-refractivity contribution < 1.29 is 9.18 Å². The van der Waals surface area contributed by atoms with Crippen LogP contribution < -0.4 is 5.32 Å². The molecule has 0 spiro atoms. The van der Waals surface area contributed by atoms with E-state index in [2.05, 4.69) is 5.32 Å². The molecule has 0 saturated heterocycles. The van der Waals surface area contributed by atoms with Gasteiger partial charge >= 0.3 is 0 Å². The van der Waals surface area contributed by atoms with Crippen LogP contribution in [-0.4, -0.2) is 17.0 Å². The number of carbonyl (C=O) groups is 1. The Morgan fingerprint density at radius 1 is 1.25 bits per heavy atom. The lowest BCUT2D eigenvalue weighted by atomic mass is 10.1. The van der Waals surface area contributed by atoms with Crippen LogP contribution in [0.1, 0.15) is 17.5 Å². The van der Waals surface area contributed by atoms with Crippen molar-refractivity contribution >= 4 is 5.91 Å². The minimum Gasteiger partial charge on any atom is -0.357 e. The summed E-state index contributed by atoms with van der Waals surface area (Å²) in [5, 5.41) is 2.88. The van der Waals surface area contributed by atoms with Gasteiger partial charge in [-0.2, -0.15) is 0 Å². The van der Waals surface area contributed by atoms with Crippen molar-refractivity contribution in [3.8, 4) is 0 Å². The van der Waals surface area contributed by atoms with Gasteiger partial charge in [0.15, 0.2) is 0 Å². The van der Waals surface area contributed by atoms with E-state index < -0.39 is 0 Å². The zero-order valence-electron chi connectivity index (χ0n) is 11.6. The summed E-state index contributed by atoms with van der Waals surface area (Å²) in [6, 6.07) is 8.41. The molecule has 2 aromatic rings. The normalized spacial score (nSPS) is 10.5. The van der Waals surface area contributed by atoms with E-state index in [1.807, 2.05) is 36.1 Å². The third-order valence-corrected chi connectivity index (χ3v) is 3.16. The third-order valence-electron chi connectivity index (χ3n) is 3.16. The molecule has 20 heavy (non-hydrogen) atoms. The maximum atomic E-state index is 13.0. The monoisotopic (exact) mass is 274 g/mol. The fourth-order valence-corrected chi connectivity index (χ4v) is 2.09. The maximum absolute atomic E-state index is 13.0. The van der Waals surface area contributed by atoms with Crippen molar-refractivity contribution in [3.05, 3.63) is 59.7 Å². The molecule has 0 aliphatic rings. The standard InChI is InChI=1S/C16H19FN2O/c1-19-10-8-14(12-19)7-9-18-16(20)6-5-13-3-2-4-15(17)11-13/h2-4,8,10-12H,5-7,9H2,1H3,(H,18,20). The minimum atomic E-state index is -0.257. The largest absolute Gasteiger partial charge is 0.357 e. The van der Waals surface area contributed by atoms with Gasteiger partial charge < -0.3 is 9.88 Å². The van der Waals surface area contributed by atoms with E-state index in [0.29, 0.717) is 19.4 Å². The van der Waals surface area contributed by atoms with Crippen molar-refractivity contribution in [1.82, 2.24) is 9.88 Å². The van der Waals surface area contributed by atoms with Crippen LogP contribution in [0.3, 0.4) is 0 Å². The smallest absolute Gasteiger partial charge is 0.220 e. The van der Waals surface area contributed by atoms with Gasteiger partial charge in [-0.3, -0.25) is 4.79 Å². The van der Waals surface area contributed by atoms with Crippen molar-refractivity contribution in [1.29, 1.82) is 0 Å². The minimum absolute atomic E-state index is 0.00481. The van der Waals surface area contributed by atoms with Crippen molar-refractivity contribution in [2.24, 2.45) is 7.05 Å². The summed E-state index contributed by atoms with van der Waals surface area (Å²) in [6.45, 7) is 0.631. The van der Waals surface area contributed by atoms with Gasteiger partial charge in [0.25, 0.3) is 0 Å². The van der Waals surface area contributed by atoms with Gasteiger partial charge in [0.2, 0.25) is 5.91 Å². The molecule has 0 radical (unpaired) electrons. The summed E-state index contributed by atoms with van der Waals surface area (Å²) >= 11 is 0. The topological polar surface area (TPSA) is 34.0 Å². The molecule has 0 unspecified atom stereocenters. The van der Waals surface area contributed by atoms with Gasteiger partial charge in [-0.05, 0) is 42.2 Å². The Kier molecular flexibility index (Phi) is 4.93. The molecule has 0 aliphatic carbocycles. The lowest BCUT2D eigenvalue weighted by molar-refractivity contribution is -0.121. The van der Waals surface area contributed by atoms with E-state index in [-0.39, 0.29) is 11.7 Å². The zero-order chi connectivity index (χ0) is 14.4. The molecule has 2 rings (SSSR count). The number of nitrogens with one attached hydrogen (secondary N) is 1. The second-order valence-corrected chi connectivity index (χ2v) is 4.92. The number of hydrogen-bond acceptors (Lipinski definition) is 1. The Labute approximate surface area is 118 Å². The van der Waals surface area contributed by atoms with E-state index in [0.717, 1.165) is 12.0 Å². The highest BCUT2D eigenvalue weighted by Crippen LogP contribution is 2.06. The number of halogens is 1. The van der Waals surface area contributed by atoms with E-state index in [1.54, 1.807) is 6.07 Å². The maximum Gasteiger partial charge on any atom is 0.220 e. The summed E-state index contributed by atoms with van der Waals surface area (Å²) in [4.78, 5) is 11.7. The molecule has 1 amide bonds. The van der Waals surface area contributed by atoms with Crippen LogP contribution in [-0.2, 0) is 24.7 Å². The van der Waals surface area contributed by atoms with Crippen LogP contribution in [0.15, 0.2) is 42.7 Å². The lowest BCUT2D eigenvalue weighted by Crippen LogP contribution is -2.25. The number of carbonyl (C=O) groups excluding carboxylic acids is 1. The molecular formula is C16H19FN2O. The highest BCUT2D eigenvalue weighted by atomic mass is 19.1. The lowest BCUT2D eigenvalue weighted by Gasteiger charge is -2.05. The zero-order valence-corrected chi connectivity index (χ0v) is 11.6. The van der Waals surface area contributed by atoms with Gasteiger partial charge in [-0.15, -0.1) is 0 Å². The first-order chi connectivity index (χ1) is 9.63. The van der Waals surface area contributed by atoms with Crippen molar-refractivity contribution in [3.63, 3.8) is 0 Å². The van der Waals surface area contributed by atoms with E-state index in [9.17, 15) is 9.18 Å². The van der Waals surface area contributed by atoms with E-state index >= 15 is 0 Å². The SMILES string of the molecule is Cn1ccc(CCNC(=O)CCc2cccc(F)c2)c1. The fourth-order valence-electron chi connectivity index (χ4n) is 2.09. The summed E-state index contributed by atoms with van der Waals surface area (Å²) in [5.41, 5.74) is 2.06. The molecular weight excluding hydrogens is 255 g/mol. The second kappa shape index (κ2) is 6.89. The van der Waals surface area contributed by atoms with Crippen LogP contribution in [0.4, 0.5) is 4.39 Å². The number of nitrogens with zero attached hydrogens (tertiary/aromatic N) is 1. The van der Waals surface area contributed by atoms with Gasteiger partial charge in [0.1, 0.15) is 5.82 Å². The molecule has 0 atom stereocenters. The van der Waals surface area contributed by atoms with E-state index in [4.69, 9.17) is 0 Å². The molecule has 0 fully saturated rings.